The van der Waals surface area contributed by atoms with Crippen LogP contribution in [0.4, 0.5) is 5.82 Å². The zero-order valence-electron chi connectivity index (χ0n) is 11.3. The molecule has 0 saturated heterocycles. The van der Waals surface area contributed by atoms with E-state index >= 15 is 0 Å². The molecule has 2 heterocycles. The number of hydrogen-bond acceptors (Lipinski definition) is 3. The summed E-state index contributed by atoms with van der Waals surface area (Å²) in [5.41, 5.74) is 3.07. The Balaban J connectivity index is 1.91. The highest BCUT2D eigenvalue weighted by molar-refractivity contribution is 5.93. The van der Waals surface area contributed by atoms with Gasteiger partial charge in [-0.05, 0) is 25.0 Å². The van der Waals surface area contributed by atoms with Gasteiger partial charge in [0.1, 0.15) is 5.82 Å². The summed E-state index contributed by atoms with van der Waals surface area (Å²) in [6, 6.07) is 9.98. The molecule has 0 fully saturated rings. The third kappa shape index (κ3) is 2.59. The third-order valence-corrected chi connectivity index (χ3v) is 3.32. The molecule has 100 valence electrons. The number of rotatable bonds is 2. The maximum Gasteiger partial charge on any atom is 0.225 e. The third-order valence-electron chi connectivity index (χ3n) is 3.32. The van der Waals surface area contributed by atoms with Crippen molar-refractivity contribution in [2.45, 2.75) is 19.8 Å². The number of nitrogens with one attached hydrogen (secondary N) is 1. The van der Waals surface area contributed by atoms with Crippen LogP contribution in [0.2, 0.25) is 0 Å². The van der Waals surface area contributed by atoms with Crippen molar-refractivity contribution in [3.8, 4) is 0 Å². The molecule has 0 aliphatic carbocycles. The van der Waals surface area contributed by atoms with Gasteiger partial charge in [-0.2, -0.15) is 0 Å². The summed E-state index contributed by atoms with van der Waals surface area (Å²) in [7, 11) is 0. The van der Waals surface area contributed by atoms with E-state index in [1.54, 1.807) is 0 Å². The summed E-state index contributed by atoms with van der Waals surface area (Å²) >= 11 is 0. The molecule has 0 saturated carbocycles. The van der Waals surface area contributed by atoms with Gasteiger partial charge in [0.05, 0.1) is 0 Å². The van der Waals surface area contributed by atoms with Crippen LogP contribution in [0.3, 0.4) is 0 Å². The van der Waals surface area contributed by atoms with E-state index in [2.05, 4.69) is 15.3 Å². The van der Waals surface area contributed by atoms with Crippen molar-refractivity contribution in [1.82, 2.24) is 9.97 Å². The molecule has 0 unspecified atom stereocenters. The quantitative estimate of drug-likeness (QED) is 0.908. The number of aryl methyl sites for hydroxylation is 1. The highest BCUT2D eigenvalue weighted by Crippen LogP contribution is 2.23. The zero-order chi connectivity index (χ0) is 13.9. The Morgan fingerprint density at radius 2 is 1.90 bits per heavy atom. The Hall–Kier alpha value is -2.49. The van der Waals surface area contributed by atoms with E-state index in [4.69, 9.17) is 0 Å². The molecule has 1 aliphatic heterocycles. The Labute approximate surface area is 117 Å². The van der Waals surface area contributed by atoms with Gasteiger partial charge in [-0.15, -0.1) is 0 Å². The maximum absolute atomic E-state index is 11.4. The van der Waals surface area contributed by atoms with Crippen LogP contribution in [0.25, 0.3) is 12.2 Å². The first-order valence-corrected chi connectivity index (χ1v) is 6.63. The van der Waals surface area contributed by atoms with Gasteiger partial charge in [-0.1, -0.05) is 36.4 Å². The Bertz CT molecular complexity index is 678. The van der Waals surface area contributed by atoms with E-state index in [0.717, 1.165) is 23.2 Å². The fourth-order valence-corrected chi connectivity index (χ4v) is 2.26. The number of carbonyl (C=O) groups excluding carboxylic acids is 1. The fourth-order valence-electron chi connectivity index (χ4n) is 2.26. The maximum atomic E-state index is 11.4. The van der Waals surface area contributed by atoms with Crippen LogP contribution in [0.1, 0.15) is 29.1 Å². The van der Waals surface area contributed by atoms with Gasteiger partial charge in [0.2, 0.25) is 5.91 Å². The molecule has 1 aliphatic rings. The molecule has 3 rings (SSSR count). The highest BCUT2D eigenvalue weighted by Gasteiger charge is 2.19. The summed E-state index contributed by atoms with van der Waals surface area (Å²) in [5.74, 6) is 1.29. The SMILES string of the molecule is Cc1nc(/C=C/c2ccccc2)nc2c1CCC(=O)N2. The second kappa shape index (κ2) is 5.25. The number of amides is 1. The molecule has 0 bridgehead atoms. The number of carbonyl (C=O) groups is 1. The first-order chi connectivity index (χ1) is 9.72. The topological polar surface area (TPSA) is 54.9 Å². The van der Waals surface area contributed by atoms with Crippen LogP contribution < -0.4 is 5.32 Å². The van der Waals surface area contributed by atoms with Crippen molar-refractivity contribution in [3.05, 3.63) is 53.0 Å². The van der Waals surface area contributed by atoms with Gasteiger partial charge < -0.3 is 5.32 Å². The first kappa shape index (κ1) is 12.5. The lowest BCUT2D eigenvalue weighted by atomic mass is 10.1. The van der Waals surface area contributed by atoms with Gasteiger partial charge in [-0.25, -0.2) is 9.97 Å². The van der Waals surface area contributed by atoms with Crippen molar-refractivity contribution in [2.75, 3.05) is 5.32 Å². The Morgan fingerprint density at radius 3 is 2.70 bits per heavy atom. The van der Waals surface area contributed by atoms with Gasteiger partial charge in [0, 0.05) is 17.7 Å². The van der Waals surface area contributed by atoms with Crippen LogP contribution in [-0.2, 0) is 11.2 Å². The first-order valence-electron chi connectivity index (χ1n) is 6.63. The number of benzene rings is 1. The lowest BCUT2D eigenvalue weighted by Crippen LogP contribution is -2.22. The highest BCUT2D eigenvalue weighted by atomic mass is 16.1. The molecule has 0 atom stereocenters. The summed E-state index contributed by atoms with van der Waals surface area (Å²) in [4.78, 5) is 20.3. The molecule has 0 spiro atoms. The molecule has 20 heavy (non-hydrogen) atoms. The van der Waals surface area contributed by atoms with Gasteiger partial charge in [0.15, 0.2) is 5.82 Å². The molecule has 1 aromatic heterocycles. The molecule has 4 nitrogen and oxygen atoms in total. The summed E-state index contributed by atoms with van der Waals surface area (Å²) in [6.45, 7) is 1.96. The number of aromatic nitrogens is 2. The van der Waals surface area contributed by atoms with E-state index in [1.165, 1.54) is 0 Å². The predicted molar refractivity (Wildman–Crippen MR) is 79.1 cm³/mol. The number of nitrogens with zero attached hydrogens (tertiary/aromatic N) is 2. The average Bonchev–Trinajstić information content (AvgIpc) is 2.46. The molecule has 1 amide bonds. The van der Waals surface area contributed by atoms with Crippen molar-refractivity contribution in [3.63, 3.8) is 0 Å². The van der Waals surface area contributed by atoms with Crippen LogP contribution >= 0.6 is 0 Å². The van der Waals surface area contributed by atoms with E-state index < -0.39 is 0 Å². The van der Waals surface area contributed by atoms with Gasteiger partial charge in [0.25, 0.3) is 0 Å². The summed E-state index contributed by atoms with van der Waals surface area (Å²) < 4.78 is 0. The van der Waals surface area contributed by atoms with E-state index in [1.807, 2.05) is 49.4 Å². The van der Waals surface area contributed by atoms with Crippen molar-refractivity contribution in [2.24, 2.45) is 0 Å². The Kier molecular flexibility index (Phi) is 3.29. The number of fused-ring (bicyclic) bond motifs is 1. The number of hydrogen-bond donors (Lipinski definition) is 1. The largest absolute Gasteiger partial charge is 0.310 e. The Morgan fingerprint density at radius 1 is 1.10 bits per heavy atom. The summed E-state index contributed by atoms with van der Waals surface area (Å²) in [5, 5.41) is 2.82. The average molecular weight is 265 g/mol. The zero-order valence-corrected chi connectivity index (χ0v) is 11.3. The molecule has 1 N–H and O–H groups in total. The van der Waals surface area contributed by atoms with E-state index in [-0.39, 0.29) is 5.91 Å². The summed E-state index contributed by atoms with van der Waals surface area (Å²) in [6.07, 6.45) is 5.06. The lowest BCUT2D eigenvalue weighted by molar-refractivity contribution is -0.116. The minimum atomic E-state index is 0.0218. The van der Waals surface area contributed by atoms with Crippen molar-refractivity contribution >= 4 is 23.9 Å². The molecule has 4 heteroatoms. The second-order valence-electron chi connectivity index (χ2n) is 4.79. The van der Waals surface area contributed by atoms with Crippen LogP contribution in [-0.4, -0.2) is 15.9 Å². The standard InChI is InChI=1S/C16H15N3O/c1-11-13-8-10-15(20)19-16(13)18-14(17-11)9-7-12-5-3-2-4-6-12/h2-7,9H,8,10H2,1H3,(H,17,18,19,20)/b9-7+. The van der Waals surface area contributed by atoms with Gasteiger partial charge in [-0.3, -0.25) is 4.79 Å². The molecular weight excluding hydrogens is 250 g/mol. The lowest BCUT2D eigenvalue weighted by Gasteiger charge is -2.17. The van der Waals surface area contributed by atoms with Crippen molar-refractivity contribution in [1.29, 1.82) is 0 Å². The second-order valence-corrected chi connectivity index (χ2v) is 4.79. The molecule has 2 aromatic rings. The monoisotopic (exact) mass is 265 g/mol. The normalized spacial score (nSPS) is 14.2. The van der Waals surface area contributed by atoms with Crippen LogP contribution in [0.5, 0.6) is 0 Å². The predicted octanol–water partition coefficient (Wildman–Crippen LogP) is 2.84. The molecular formula is C16H15N3O. The van der Waals surface area contributed by atoms with Crippen molar-refractivity contribution < 1.29 is 4.79 Å². The van der Waals surface area contributed by atoms with E-state index in [9.17, 15) is 4.79 Å². The van der Waals surface area contributed by atoms with Crippen LogP contribution in [0, 0.1) is 6.92 Å². The molecule has 1 aromatic carbocycles. The molecule has 0 radical (unpaired) electrons. The minimum Gasteiger partial charge on any atom is -0.310 e. The van der Waals surface area contributed by atoms with Gasteiger partial charge >= 0.3 is 0 Å². The fraction of sp³-hybridized carbons (Fsp3) is 0.188. The van der Waals surface area contributed by atoms with Crippen LogP contribution in [0.15, 0.2) is 30.3 Å². The minimum absolute atomic E-state index is 0.0218. The smallest absolute Gasteiger partial charge is 0.225 e. The van der Waals surface area contributed by atoms with E-state index in [0.29, 0.717) is 18.1 Å². The number of anilines is 1.